The van der Waals surface area contributed by atoms with Crippen LogP contribution in [0, 0.1) is 11.6 Å². The number of hydrogen-bond donors (Lipinski definition) is 5. The molecule has 1 heterocycles. The van der Waals surface area contributed by atoms with Crippen LogP contribution in [0.4, 0.5) is 14.5 Å². The number of carboxylic acid groups (broad SMARTS) is 2. The minimum atomic E-state index is -1.26. The van der Waals surface area contributed by atoms with E-state index in [2.05, 4.69) is 5.32 Å². The lowest BCUT2D eigenvalue weighted by atomic mass is 10.0. The quantitative estimate of drug-likeness (QED) is 0.268. The first-order valence-corrected chi connectivity index (χ1v) is 10.6. The molecule has 0 spiro atoms. The number of ether oxygens (including phenoxy) is 1. The van der Waals surface area contributed by atoms with Gasteiger partial charge in [0.15, 0.2) is 6.61 Å². The number of aliphatic carboxylic acids is 2. The van der Waals surface area contributed by atoms with Crippen LogP contribution in [0.3, 0.4) is 0 Å². The number of quaternary nitrogens is 1. The molecule has 1 aliphatic rings. The molecule has 0 unspecified atom stereocenters. The number of benzene rings is 2. The van der Waals surface area contributed by atoms with Crippen molar-refractivity contribution in [1.29, 1.82) is 0 Å². The van der Waals surface area contributed by atoms with Crippen LogP contribution in [-0.2, 0) is 20.8 Å². The first-order valence-electron chi connectivity index (χ1n) is 10.6. The van der Waals surface area contributed by atoms with Gasteiger partial charge in [0.25, 0.3) is 5.91 Å². The molecule has 0 fully saturated rings. The topological polar surface area (TPSA) is 153 Å². The van der Waals surface area contributed by atoms with E-state index in [4.69, 9.17) is 14.9 Å². The molecule has 10 nitrogen and oxygen atoms in total. The van der Waals surface area contributed by atoms with E-state index in [-0.39, 0.29) is 24.8 Å². The van der Waals surface area contributed by atoms with Crippen molar-refractivity contribution in [2.45, 2.75) is 12.5 Å². The molecule has 0 saturated heterocycles. The number of hydrogen-bond acceptors (Lipinski definition) is 6. The summed E-state index contributed by atoms with van der Waals surface area (Å²) in [4.78, 5) is 30.6. The molecule has 0 aromatic heterocycles. The van der Waals surface area contributed by atoms with E-state index in [1.807, 2.05) is 14.1 Å². The molecule has 2 aromatic rings. The number of halogens is 2. The van der Waals surface area contributed by atoms with E-state index in [0.717, 1.165) is 6.07 Å². The molecular formula is C24H27F2N2O8+. The van der Waals surface area contributed by atoms with Crippen LogP contribution in [0.15, 0.2) is 42.5 Å². The molecule has 36 heavy (non-hydrogen) atoms. The highest BCUT2D eigenvalue weighted by Gasteiger charge is 2.28. The average Bonchev–Trinajstić information content (AvgIpc) is 2.75. The number of fused-ring (bicyclic) bond motifs is 1. The van der Waals surface area contributed by atoms with Crippen molar-refractivity contribution < 1.29 is 52.8 Å². The molecule has 1 amide bonds. The number of carbonyl (C=O) groups excluding carboxylic acids is 1. The third kappa shape index (κ3) is 8.96. The van der Waals surface area contributed by atoms with Crippen molar-refractivity contribution in [1.82, 2.24) is 0 Å². The molecule has 0 saturated carbocycles. The monoisotopic (exact) mass is 509 g/mol. The minimum absolute atomic E-state index is 0.0980. The largest absolute Gasteiger partial charge is 0.508 e. The fraction of sp³-hybridized carbons (Fsp3) is 0.292. The molecule has 5 N–H and O–H groups in total. The standard InChI is InChI=1S/C20H22F2N2O4.C4H4O4/c1-24(2,4-3-12-5-13(21)7-14(22)6-12)10-18(26)16-8-15(25)9-17-20(16)28-11-19(27)23-17;5-3(6)1-2-4(7)8/h5-9,18,26H,3-4,10-11H2,1-2H3,(H-,23,25,27);1-2H,(H,5,6)(H,7,8)/p+1/b;2-1+/t18-;/m0./s1. The lowest BCUT2D eigenvalue weighted by molar-refractivity contribution is -0.893. The average molecular weight is 509 g/mol. The predicted octanol–water partition coefficient (Wildman–Crippen LogP) is 2.07. The summed E-state index contributed by atoms with van der Waals surface area (Å²) in [5.74, 6) is -3.86. The van der Waals surface area contributed by atoms with Gasteiger partial charge in [-0.2, -0.15) is 0 Å². The lowest BCUT2D eigenvalue weighted by Gasteiger charge is -2.33. The Labute approximate surface area is 205 Å². The van der Waals surface area contributed by atoms with E-state index in [0.29, 0.717) is 52.2 Å². The summed E-state index contributed by atoms with van der Waals surface area (Å²) in [5, 5.41) is 38.9. The number of phenols is 1. The maximum absolute atomic E-state index is 13.4. The van der Waals surface area contributed by atoms with Gasteiger partial charge in [-0.15, -0.1) is 0 Å². The van der Waals surface area contributed by atoms with E-state index in [9.17, 15) is 33.4 Å². The van der Waals surface area contributed by atoms with E-state index >= 15 is 0 Å². The second-order valence-electron chi connectivity index (χ2n) is 8.64. The molecule has 194 valence electrons. The highest BCUT2D eigenvalue weighted by atomic mass is 19.1. The SMILES string of the molecule is C[N+](C)(CCc1cc(F)cc(F)c1)C[C@H](O)c1cc(O)cc2c1OCC(=O)N2.O=C(O)/C=C/C(=O)O. The minimum Gasteiger partial charge on any atom is -0.508 e. The number of aliphatic hydroxyl groups is 1. The molecule has 2 aromatic carbocycles. The number of aromatic hydroxyl groups is 1. The molecule has 0 radical (unpaired) electrons. The van der Waals surface area contributed by atoms with Crippen molar-refractivity contribution >= 4 is 23.5 Å². The Morgan fingerprint density at radius 3 is 2.22 bits per heavy atom. The van der Waals surface area contributed by atoms with Crippen LogP contribution in [0.25, 0.3) is 0 Å². The van der Waals surface area contributed by atoms with Gasteiger partial charge in [0, 0.05) is 36.3 Å². The Bertz CT molecular complexity index is 1130. The molecular weight excluding hydrogens is 482 g/mol. The van der Waals surface area contributed by atoms with Gasteiger partial charge in [-0.3, -0.25) is 4.79 Å². The van der Waals surface area contributed by atoms with Crippen molar-refractivity contribution in [2.24, 2.45) is 0 Å². The number of anilines is 1. The zero-order valence-electron chi connectivity index (χ0n) is 19.6. The normalized spacial score (nSPS) is 13.6. The number of likely N-dealkylation sites (N-methyl/N-ethyl adjacent to an activating group) is 1. The Hall–Kier alpha value is -4.03. The second kappa shape index (κ2) is 12.1. The third-order valence-electron chi connectivity index (χ3n) is 5.05. The summed E-state index contributed by atoms with van der Waals surface area (Å²) < 4.78 is 32.5. The number of nitrogens with zero attached hydrogens (tertiary/aromatic N) is 1. The molecule has 3 rings (SSSR count). The number of amides is 1. The van der Waals surface area contributed by atoms with Gasteiger partial charge in [-0.1, -0.05) is 0 Å². The highest BCUT2D eigenvalue weighted by molar-refractivity contribution is 5.96. The van der Waals surface area contributed by atoms with E-state index in [1.165, 1.54) is 24.3 Å². The van der Waals surface area contributed by atoms with Crippen LogP contribution in [0.5, 0.6) is 11.5 Å². The van der Waals surface area contributed by atoms with Gasteiger partial charge in [-0.25, -0.2) is 18.4 Å². The molecule has 1 aliphatic heterocycles. The number of phenolic OH excluding ortho intramolecular Hbond substituents is 1. The molecule has 12 heteroatoms. The molecule has 0 bridgehead atoms. The highest BCUT2D eigenvalue weighted by Crippen LogP contribution is 2.39. The lowest BCUT2D eigenvalue weighted by Crippen LogP contribution is -2.44. The van der Waals surface area contributed by atoms with Gasteiger partial charge in [0.2, 0.25) is 0 Å². The summed E-state index contributed by atoms with van der Waals surface area (Å²) in [6.45, 7) is 0.629. The van der Waals surface area contributed by atoms with Crippen molar-refractivity contribution in [2.75, 3.05) is 39.1 Å². The van der Waals surface area contributed by atoms with E-state index in [1.54, 1.807) is 0 Å². The van der Waals surface area contributed by atoms with Crippen LogP contribution in [0.1, 0.15) is 17.2 Å². The first-order chi connectivity index (χ1) is 16.8. The van der Waals surface area contributed by atoms with E-state index < -0.39 is 29.7 Å². The van der Waals surface area contributed by atoms with Gasteiger partial charge in [-0.05, 0) is 23.8 Å². The Kier molecular flexibility index (Phi) is 9.47. The number of nitrogens with one attached hydrogen (secondary N) is 1. The number of aliphatic hydroxyl groups excluding tert-OH is 1. The fourth-order valence-corrected chi connectivity index (χ4v) is 3.45. The fourth-order valence-electron chi connectivity index (χ4n) is 3.45. The van der Waals surface area contributed by atoms with Crippen LogP contribution in [-0.4, -0.2) is 76.5 Å². The van der Waals surface area contributed by atoms with Gasteiger partial charge >= 0.3 is 11.9 Å². The maximum atomic E-state index is 13.4. The smallest absolute Gasteiger partial charge is 0.328 e. The van der Waals surface area contributed by atoms with Crippen LogP contribution >= 0.6 is 0 Å². The van der Waals surface area contributed by atoms with Crippen molar-refractivity contribution in [3.8, 4) is 11.5 Å². The number of carboxylic acids is 2. The summed E-state index contributed by atoms with van der Waals surface area (Å²) in [6, 6.07) is 6.18. The van der Waals surface area contributed by atoms with Crippen LogP contribution < -0.4 is 10.1 Å². The molecule has 0 aliphatic carbocycles. The second-order valence-corrected chi connectivity index (χ2v) is 8.64. The van der Waals surface area contributed by atoms with Crippen LogP contribution in [0.2, 0.25) is 0 Å². The van der Waals surface area contributed by atoms with Gasteiger partial charge in [0.05, 0.1) is 26.3 Å². The third-order valence-corrected chi connectivity index (χ3v) is 5.05. The van der Waals surface area contributed by atoms with Gasteiger partial charge < -0.3 is 35.0 Å². The summed E-state index contributed by atoms with van der Waals surface area (Å²) in [6.07, 6.45) is 0.569. The summed E-state index contributed by atoms with van der Waals surface area (Å²) in [5.41, 5.74) is 1.22. The number of carbonyl (C=O) groups is 3. The number of rotatable bonds is 8. The maximum Gasteiger partial charge on any atom is 0.328 e. The van der Waals surface area contributed by atoms with Crippen molar-refractivity contribution in [3.63, 3.8) is 0 Å². The van der Waals surface area contributed by atoms with Crippen molar-refractivity contribution in [3.05, 3.63) is 65.2 Å². The Morgan fingerprint density at radius 1 is 1.08 bits per heavy atom. The summed E-state index contributed by atoms with van der Waals surface area (Å²) in [7, 11) is 3.77. The molecule has 1 atom stereocenters. The summed E-state index contributed by atoms with van der Waals surface area (Å²) >= 11 is 0. The van der Waals surface area contributed by atoms with Gasteiger partial charge in [0.1, 0.15) is 35.8 Å². The predicted molar refractivity (Wildman–Crippen MR) is 124 cm³/mol. The Balaban J connectivity index is 0.000000493. The zero-order chi connectivity index (χ0) is 27.0. The first kappa shape index (κ1) is 28.2. The Morgan fingerprint density at radius 2 is 1.67 bits per heavy atom. The zero-order valence-corrected chi connectivity index (χ0v) is 19.6.